The number of carboxylic acids is 1. The zero-order valence-corrected chi connectivity index (χ0v) is 30.7. The van der Waals surface area contributed by atoms with Crippen molar-refractivity contribution in [2.24, 2.45) is 5.41 Å². The summed E-state index contributed by atoms with van der Waals surface area (Å²) in [4.78, 5) is 77.1. The van der Waals surface area contributed by atoms with Gasteiger partial charge >= 0.3 is 5.97 Å². The second kappa shape index (κ2) is 18.2. The van der Waals surface area contributed by atoms with Gasteiger partial charge in [-0.2, -0.15) is 0 Å². The summed E-state index contributed by atoms with van der Waals surface area (Å²) in [5.41, 5.74) is 0.815. The molecular weight excluding hydrogens is 678 g/mol. The average Bonchev–Trinajstić information content (AvgIpc) is 3.10. The molecule has 0 aliphatic carbocycles. The van der Waals surface area contributed by atoms with Crippen LogP contribution in [0.5, 0.6) is 5.75 Å². The van der Waals surface area contributed by atoms with Crippen molar-refractivity contribution < 1.29 is 38.6 Å². The number of carboxylic acid groups (broad SMARTS) is 1. The van der Waals surface area contributed by atoms with Gasteiger partial charge in [-0.05, 0) is 91.3 Å². The summed E-state index contributed by atoms with van der Waals surface area (Å²) >= 11 is 0. The molecule has 4 heterocycles. The van der Waals surface area contributed by atoms with Gasteiger partial charge in [0, 0.05) is 42.6 Å². The van der Waals surface area contributed by atoms with Crippen LogP contribution in [0.4, 0.5) is 5.69 Å². The first-order chi connectivity index (χ1) is 25.1. The van der Waals surface area contributed by atoms with Gasteiger partial charge in [-0.3, -0.25) is 24.0 Å². The Balaban J connectivity index is 1.54. The van der Waals surface area contributed by atoms with Crippen molar-refractivity contribution in [2.75, 3.05) is 18.5 Å². The number of carbonyl (C=O) groups is 6. The lowest BCUT2D eigenvalue weighted by Crippen LogP contribution is -2.56. The van der Waals surface area contributed by atoms with Crippen molar-refractivity contribution >= 4 is 41.2 Å². The van der Waals surface area contributed by atoms with Crippen LogP contribution in [0.3, 0.4) is 0 Å². The van der Waals surface area contributed by atoms with Crippen LogP contribution in [0.2, 0.25) is 0 Å². The molecule has 0 saturated heterocycles. The molecule has 5 amide bonds. The number of benzene rings is 3. The van der Waals surface area contributed by atoms with Crippen molar-refractivity contribution in [2.45, 2.75) is 84.3 Å². The molecule has 3 aromatic carbocycles. The number of hydrogen-bond acceptors (Lipinski definition) is 7. The molecular formula is C40H49N5O8. The Hall–Kier alpha value is -5.72. The van der Waals surface area contributed by atoms with E-state index in [1.807, 2.05) is 20.8 Å². The number of amides is 5. The third-order valence-electron chi connectivity index (χ3n) is 8.57. The van der Waals surface area contributed by atoms with E-state index in [0.29, 0.717) is 53.0 Å². The van der Waals surface area contributed by atoms with Gasteiger partial charge in [0.15, 0.2) is 0 Å². The van der Waals surface area contributed by atoms with Gasteiger partial charge in [0.05, 0.1) is 6.54 Å². The van der Waals surface area contributed by atoms with E-state index in [1.165, 1.54) is 0 Å². The molecule has 0 saturated carbocycles. The molecule has 6 bridgehead atoms. The zero-order chi connectivity index (χ0) is 38.6. The minimum absolute atomic E-state index is 0.0183. The van der Waals surface area contributed by atoms with Gasteiger partial charge in [0.2, 0.25) is 17.7 Å². The first kappa shape index (κ1) is 40.1. The quantitative estimate of drug-likeness (QED) is 0.224. The molecule has 282 valence electrons. The van der Waals surface area contributed by atoms with Gasteiger partial charge in [-0.15, -0.1) is 0 Å². The third kappa shape index (κ3) is 12.8. The van der Waals surface area contributed by atoms with E-state index in [2.05, 4.69) is 26.6 Å². The largest absolute Gasteiger partial charge is 0.492 e. The Morgan fingerprint density at radius 3 is 2.17 bits per heavy atom. The van der Waals surface area contributed by atoms with E-state index in [4.69, 9.17) is 4.74 Å². The van der Waals surface area contributed by atoms with Gasteiger partial charge in [0.25, 0.3) is 11.8 Å². The molecule has 0 radical (unpaired) electrons. The van der Waals surface area contributed by atoms with Crippen LogP contribution in [-0.4, -0.2) is 65.3 Å². The topological polar surface area (TPSA) is 192 Å². The summed E-state index contributed by atoms with van der Waals surface area (Å²) in [6, 6.07) is 18.8. The standard InChI is InChI=1S/C40H49N5O8/c1-39(2,3)25-40(4)38(52)43-30-16-12-26(13-17-30)23-32(37(50)51)44-34(47)11-6-5-10-33(46)41-20-21-53-31-18-14-28(15-19-31)35(48)42-24-27-8-7-9-29(22-27)36(49)45-40/h7-9,12-19,22,32H,5-6,10-11,20-21,23-25H2,1-4H3,(H,41,46)(H,42,48)(H,43,52)(H,44,47)(H,45,49)(H,50,51)/t32-,40+/m0/s1. The van der Waals surface area contributed by atoms with Crippen LogP contribution in [0, 0.1) is 5.41 Å². The lowest BCUT2D eigenvalue weighted by molar-refractivity contribution is -0.141. The summed E-state index contributed by atoms with van der Waals surface area (Å²) < 4.78 is 5.68. The Morgan fingerprint density at radius 1 is 0.830 bits per heavy atom. The number of hydrogen-bond donors (Lipinski definition) is 6. The van der Waals surface area contributed by atoms with E-state index in [9.17, 15) is 33.9 Å². The maximum absolute atomic E-state index is 13.8. The Morgan fingerprint density at radius 2 is 1.51 bits per heavy atom. The van der Waals surface area contributed by atoms with Crippen molar-refractivity contribution in [1.29, 1.82) is 0 Å². The third-order valence-corrected chi connectivity index (χ3v) is 8.57. The summed E-state index contributed by atoms with van der Waals surface area (Å²) in [6.07, 6.45) is 1.44. The van der Waals surface area contributed by atoms with Gasteiger partial charge in [-0.1, -0.05) is 45.0 Å². The fourth-order valence-electron chi connectivity index (χ4n) is 6.09. The smallest absolute Gasteiger partial charge is 0.326 e. The number of anilines is 1. The average molecular weight is 728 g/mol. The van der Waals surface area contributed by atoms with Gasteiger partial charge in [0.1, 0.15) is 23.9 Å². The monoisotopic (exact) mass is 727 g/mol. The number of ether oxygens (including phenoxy) is 1. The minimum Gasteiger partial charge on any atom is -0.492 e. The zero-order valence-electron chi connectivity index (χ0n) is 30.7. The van der Waals surface area contributed by atoms with E-state index in [-0.39, 0.29) is 56.2 Å². The predicted molar refractivity (Wildman–Crippen MR) is 199 cm³/mol. The summed E-state index contributed by atoms with van der Waals surface area (Å²) in [6.45, 7) is 8.21. The molecule has 53 heavy (non-hydrogen) atoms. The van der Waals surface area contributed by atoms with Gasteiger partial charge < -0.3 is 36.4 Å². The Kier molecular flexibility index (Phi) is 13.7. The highest BCUT2D eigenvalue weighted by Gasteiger charge is 2.39. The first-order valence-electron chi connectivity index (χ1n) is 17.7. The van der Waals surface area contributed by atoms with Crippen molar-refractivity contribution in [3.05, 3.63) is 95.1 Å². The molecule has 3 aromatic rings. The molecule has 0 spiro atoms. The second-order valence-electron chi connectivity index (χ2n) is 14.7. The maximum Gasteiger partial charge on any atom is 0.326 e. The first-order valence-corrected chi connectivity index (χ1v) is 17.7. The van der Waals surface area contributed by atoms with Gasteiger partial charge in [-0.25, -0.2) is 4.79 Å². The Bertz CT molecular complexity index is 1790. The highest BCUT2D eigenvalue weighted by molar-refractivity contribution is 6.03. The maximum atomic E-state index is 13.8. The minimum atomic E-state index is -1.32. The number of nitrogens with one attached hydrogen (secondary N) is 5. The van der Waals surface area contributed by atoms with Crippen LogP contribution < -0.4 is 31.3 Å². The molecule has 6 N–H and O–H groups in total. The van der Waals surface area contributed by atoms with E-state index in [1.54, 1.807) is 79.7 Å². The summed E-state index contributed by atoms with van der Waals surface area (Å²) in [7, 11) is 0. The van der Waals surface area contributed by atoms with Crippen molar-refractivity contribution in [3.8, 4) is 5.75 Å². The molecule has 7 rings (SSSR count). The highest BCUT2D eigenvalue weighted by Crippen LogP contribution is 2.29. The van der Waals surface area contributed by atoms with Crippen LogP contribution in [0.25, 0.3) is 0 Å². The summed E-state index contributed by atoms with van der Waals surface area (Å²) in [5.74, 6) is -2.50. The SMILES string of the molecule is CC(C)(C)C[C@@]1(C)NC(=O)c2cccc(c2)CNC(=O)c2ccc(cc2)OCCNC(=O)CCCCC(=O)N[C@H](C(=O)O)Cc2ccc(cc2)NC1=O. The number of rotatable bonds is 2. The van der Waals surface area contributed by atoms with Crippen LogP contribution >= 0.6 is 0 Å². The van der Waals surface area contributed by atoms with E-state index >= 15 is 0 Å². The van der Waals surface area contributed by atoms with E-state index in [0.717, 1.165) is 0 Å². The molecule has 0 fully saturated rings. The number of carbonyl (C=O) groups excluding carboxylic acids is 5. The normalized spacial score (nSPS) is 20.3. The van der Waals surface area contributed by atoms with E-state index < -0.39 is 35.3 Å². The van der Waals surface area contributed by atoms with Crippen LogP contribution in [0.1, 0.15) is 91.6 Å². The Labute approximate surface area is 309 Å². The fraction of sp³-hybridized carbons (Fsp3) is 0.400. The summed E-state index contributed by atoms with van der Waals surface area (Å²) in [5, 5.41) is 23.8. The molecule has 13 nitrogen and oxygen atoms in total. The van der Waals surface area contributed by atoms with Crippen molar-refractivity contribution in [3.63, 3.8) is 0 Å². The molecule has 2 atom stereocenters. The van der Waals surface area contributed by atoms with Crippen LogP contribution in [0.15, 0.2) is 72.8 Å². The van der Waals surface area contributed by atoms with Crippen molar-refractivity contribution in [1.82, 2.24) is 21.3 Å². The number of aliphatic carboxylic acids is 1. The molecule has 13 heteroatoms. The molecule has 4 aliphatic heterocycles. The lowest BCUT2D eigenvalue weighted by atomic mass is 9.80. The molecule has 0 aromatic heterocycles. The molecule has 4 aliphatic rings. The highest BCUT2D eigenvalue weighted by atomic mass is 16.5. The molecule has 0 unspecified atom stereocenters. The lowest BCUT2D eigenvalue weighted by Gasteiger charge is -2.35. The van der Waals surface area contributed by atoms with Crippen LogP contribution in [-0.2, 0) is 32.1 Å². The predicted octanol–water partition coefficient (Wildman–Crippen LogP) is 4.36. The fourth-order valence-corrected chi connectivity index (χ4v) is 6.09. The second-order valence-corrected chi connectivity index (χ2v) is 14.7.